The third-order valence-corrected chi connectivity index (χ3v) is 4.54. The lowest BCUT2D eigenvalue weighted by Crippen LogP contribution is -2.33. The highest BCUT2D eigenvalue weighted by Gasteiger charge is 2.20. The molecule has 0 radical (unpaired) electrons. The van der Waals surface area contributed by atoms with Gasteiger partial charge in [-0.2, -0.15) is 10.2 Å². The van der Waals surface area contributed by atoms with Gasteiger partial charge >= 0.3 is 0 Å². The first-order valence-corrected chi connectivity index (χ1v) is 8.54. The molecule has 3 aromatic heterocycles. The Labute approximate surface area is 150 Å². The summed E-state index contributed by atoms with van der Waals surface area (Å²) >= 11 is 0. The van der Waals surface area contributed by atoms with Gasteiger partial charge in [0.25, 0.3) is 0 Å². The Bertz CT molecular complexity index is 894. The Morgan fingerprint density at radius 3 is 2.77 bits per heavy atom. The zero-order valence-electron chi connectivity index (χ0n) is 14.5. The van der Waals surface area contributed by atoms with Gasteiger partial charge in [0.1, 0.15) is 0 Å². The highest BCUT2D eigenvalue weighted by Crippen LogP contribution is 2.24. The Balaban J connectivity index is 1.49. The Morgan fingerprint density at radius 2 is 2.04 bits per heavy atom. The van der Waals surface area contributed by atoms with Crippen LogP contribution in [-0.4, -0.2) is 53.9 Å². The molecule has 4 heterocycles. The number of piperidine rings is 1. The second-order valence-electron chi connectivity index (χ2n) is 6.37. The summed E-state index contributed by atoms with van der Waals surface area (Å²) in [7, 11) is 1.86. The summed E-state index contributed by atoms with van der Waals surface area (Å²) in [6, 6.07) is 2.18. The number of anilines is 2. The number of nitrogens with zero attached hydrogens (tertiary/aromatic N) is 7. The van der Waals surface area contributed by atoms with E-state index in [-0.39, 0.29) is 0 Å². The molecule has 1 saturated heterocycles. The fraction of sp³-hybridized carbons (Fsp3) is 0.353. The quantitative estimate of drug-likeness (QED) is 0.701. The molecule has 1 aliphatic rings. The van der Waals surface area contributed by atoms with Crippen LogP contribution in [0.5, 0.6) is 0 Å². The molecule has 26 heavy (non-hydrogen) atoms. The number of carbonyl (C=O) groups excluding carboxylic acids is 1. The van der Waals surface area contributed by atoms with Crippen molar-refractivity contribution >= 4 is 18.0 Å². The summed E-state index contributed by atoms with van der Waals surface area (Å²) in [6.07, 6.45) is 11.9. The number of nitrogens with one attached hydrogen (secondary N) is 1. The van der Waals surface area contributed by atoms with Crippen LogP contribution < -0.4 is 5.32 Å². The molecule has 9 nitrogen and oxygen atoms in total. The molecular weight excluding hydrogens is 332 g/mol. The molecule has 0 spiro atoms. The lowest BCUT2D eigenvalue weighted by molar-refractivity contribution is -0.119. The number of carbonyl (C=O) groups is 1. The zero-order valence-corrected chi connectivity index (χ0v) is 14.5. The first-order valence-electron chi connectivity index (χ1n) is 8.54. The summed E-state index contributed by atoms with van der Waals surface area (Å²) < 4.78 is 3.69. The average Bonchev–Trinajstić information content (AvgIpc) is 3.31. The van der Waals surface area contributed by atoms with Crippen molar-refractivity contribution in [3.8, 4) is 11.3 Å². The van der Waals surface area contributed by atoms with Crippen LogP contribution in [0.4, 0.5) is 11.6 Å². The highest BCUT2D eigenvalue weighted by molar-refractivity contribution is 5.60. The van der Waals surface area contributed by atoms with Gasteiger partial charge in [-0.1, -0.05) is 0 Å². The summed E-state index contributed by atoms with van der Waals surface area (Å²) in [5, 5.41) is 11.8. The predicted molar refractivity (Wildman–Crippen MR) is 95.7 cm³/mol. The van der Waals surface area contributed by atoms with Crippen molar-refractivity contribution < 1.29 is 4.79 Å². The van der Waals surface area contributed by atoms with Crippen molar-refractivity contribution in [2.75, 3.05) is 18.4 Å². The first kappa shape index (κ1) is 16.2. The van der Waals surface area contributed by atoms with Crippen molar-refractivity contribution in [2.45, 2.75) is 18.9 Å². The molecule has 0 saturated carbocycles. The predicted octanol–water partition coefficient (Wildman–Crippen LogP) is 1.61. The molecule has 0 unspecified atom stereocenters. The monoisotopic (exact) mass is 352 g/mol. The number of aryl methyl sites for hydroxylation is 1. The average molecular weight is 352 g/mol. The normalized spacial score (nSPS) is 15.2. The van der Waals surface area contributed by atoms with Gasteiger partial charge in [0.2, 0.25) is 12.4 Å². The molecule has 9 heteroatoms. The van der Waals surface area contributed by atoms with Crippen LogP contribution in [0.3, 0.4) is 0 Å². The van der Waals surface area contributed by atoms with Crippen LogP contribution in [0.15, 0.2) is 37.1 Å². The van der Waals surface area contributed by atoms with Crippen molar-refractivity contribution in [1.29, 1.82) is 0 Å². The molecule has 3 aromatic rings. The number of aromatic nitrogens is 6. The molecule has 134 valence electrons. The molecule has 0 atom stereocenters. The maximum Gasteiger partial charge on any atom is 0.227 e. The summed E-state index contributed by atoms with van der Waals surface area (Å²) in [5.41, 5.74) is 2.59. The van der Waals surface area contributed by atoms with Crippen LogP contribution in [-0.2, 0) is 11.8 Å². The van der Waals surface area contributed by atoms with E-state index in [2.05, 4.69) is 25.5 Å². The van der Waals surface area contributed by atoms with Gasteiger partial charge in [-0.25, -0.2) is 9.97 Å². The van der Waals surface area contributed by atoms with E-state index in [1.54, 1.807) is 17.1 Å². The summed E-state index contributed by atoms with van der Waals surface area (Å²) in [4.78, 5) is 21.5. The van der Waals surface area contributed by atoms with E-state index in [0.717, 1.165) is 49.3 Å². The first-order chi connectivity index (χ1) is 12.7. The van der Waals surface area contributed by atoms with E-state index in [1.165, 1.54) is 0 Å². The van der Waals surface area contributed by atoms with E-state index in [0.29, 0.717) is 12.0 Å². The van der Waals surface area contributed by atoms with Gasteiger partial charge in [0, 0.05) is 44.3 Å². The molecule has 1 amide bonds. The smallest absolute Gasteiger partial charge is 0.227 e. The van der Waals surface area contributed by atoms with E-state index >= 15 is 0 Å². The van der Waals surface area contributed by atoms with Crippen LogP contribution in [0.1, 0.15) is 18.9 Å². The molecule has 0 aliphatic carbocycles. The van der Waals surface area contributed by atoms with Crippen molar-refractivity contribution in [1.82, 2.24) is 34.4 Å². The van der Waals surface area contributed by atoms with Crippen LogP contribution in [0.2, 0.25) is 0 Å². The molecule has 1 aliphatic heterocycles. The Hall–Kier alpha value is -3.23. The SMILES string of the molecule is Cn1cc(Nc2nccc(-c3cnn(C4CCN(C=O)CC4)c3)n2)cn1. The second kappa shape index (κ2) is 6.95. The molecule has 0 aromatic carbocycles. The molecule has 0 bridgehead atoms. The van der Waals surface area contributed by atoms with Crippen molar-refractivity contribution in [2.24, 2.45) is 7.05 Å². The van der Waals surface area contributed by atoms with Crippen LogP contribution in [0.25, 0.3) is 11.3 Å². The van der Waals surface area contributed by atoms with Gasteiger partial charge in [-0.3, -0.25) is 14.2 Å². The summed E-state index contributed by atoms with van der Waals surface area (Å²) in [6.45, 7) is 1.55. The third-order valence-electron chi connectivity index (χ3n) is 4.54. The number of amides is 1. The van der Waals surface area contributed by atoms with E-state index in [4.69, 9.17) is 0 Å². The zero-order chi connectivity index (χ0) is 17.9. The Morgan fingerprint density at radius 1 is 1.19 bits per heavy atom. The lowest BCUT2D eigenvalue weighted by atomic mass is 10.1. The lowest BCUT2D eigenvalue weighted by Gasteiger charge is -2.29. The largest absolute Gasteiger partial charge is 0.345 e. The molecule has 1 N–H and O–H groups in total. The van der Waals surface area contributed by atoms with Crippen molar-refractivity contribution in [3.63, 3.8) is 0 Å². The van der Waals surface area contributed by atoms with Gasteiger partial charge in [-0.05, 0) is 18.9 Å². The van der Waals surface area contributed by atoms with Crippen molar-refractivity contribution in [3.05, 3.63) is 37.1 Å². The van der Waals surface area contributed by atoms with E-state index in [1.807, 2.05) is 41.3 Å². The maximum atomic E-state index is 10.8. The molecular formula is C17H20N8O. The number of hydrogen-bond acceptors (Lipinski definition) is 6. The highest BCUT2D eigenvalue weighted by atomic mass is 16.1. The minimum Gasteiger partial charge on any atom is -0.345 e. The minimum atomic E-state index is 0.315. The number of hydrogen-bond donors (Lipinski definition) is 1. The minimum absolute atomic E-state index is 0.315. The van der Waals surface area contributed by atoms with Crippen LogP contribution in [0, 0.1) is 0 Å². The summed E-state index contributed by atoms with van der Waals surface area (Å²) in [5.74, 6) is 0.516. The van der Waals surface area contributed by atoms with Gasteiger partial charge in [0.05, 0.1) is 29.8 Å². The Kier molecular flexibility index (Phi) is 4.34. The molecule has 1 fully saturated rings. The maximum absolute atomic E-state index is 10.8. The fourth-order valence-corrected chi connectivity index (χ4v) is 3.12. The van der Waals surface area contributed by atoms with Crippen LogP contribution >= 0.6 is 0 Å². The van der Waals surface area contributed by atoms with E-state index in [9.17, 15) is 4.79 Å². The number of rotatable bonds is 5. The van der Waals surface area contributed by atoms with E-state index < -0.39 is 0 Å². The molecule has 4 rings (SSSR count). The standard InChI is InChI=1S/C17H20N8O/c1-23-11-14(9-19-23)21-17-18-5-2-16(22-17)13-8-20-25(10-13)15-3-6-24(12-26)7-4-15/h2,5,8-12,15H,3-4,6-7H2,1H3,(H,18,21,22). The second-order valence-corrected chi connectivity index (χ2v) is 6.37. The number of likely N-dealkylation sites (tertiary alicyclic amines) is 1. The van der Waals surface area contributed by atoms with Gasteiger partial charge in [-0.15, -0.1) is 0 Å². The fourth-order valence-electron chi connectivity index (χ4n) is 3.12. The van der Waals surface area contributed by atoms with Gasteiger partial charge in [0.15, 0.2) is 0 Å². The third kappa shape index (κ3) is 3.41. The van der Waals surface area contributed by atoms with Gasteiger partial charge < -0.3 is 10.2 Å². The topological polar surface area (TPSA) is 93.8 Å².